The minimum absolute atomic E-state index is 0.0181. The van der Waals surface area contributed by atoms with Gasteiger partial charge in [-0.1, -0.05) is 5.11 Å². The Hall–Kier alpha value is -3.90. The van der Waals surface area contributed by atoms with E-state index in [1.54, 1.807) is 0 Å². The molecule has 2 aromatic heterocycles. The molecule has 20 nitrogen and oxygen atoms in total. The lowest BCUT2D eigenvalue weighted by Gasteiger charge is -2.28. The van der Waals surface area contributed by atoms with E-state index in [0.717, 1.165) is 14.2 Å². The highest BCUT2D eigenvalue weighted by Crippen LogP contribution is 2.46. The average molecular weight is 615 g/mol. The number of methoxy groups -OCH3 is 3. The number of carbonyl (C=O) groups excluding carboxylic acids is 3. The van der Waals surface area contributed by atoms with E-state index in [2.05, 4.69) is 49.9 Å². The first-order valence-corrected chi connectivity index (χ1v) is 13.8. The van der Waals surface area contributed by atoms with Crippen LogP contribution in [0.15, 0.2) is 11.4 Å². The summed E-state index contributed by atoms with van der Waals surface area (Å²) in [4.78, 5) is 50.3. The van der Waals surface area contributed by atoms with Crippen molar-refractivity contribution in [3.63, 3.8) is 0 Å². The molecular weight excluding hydrogens is 583 g/mol. The minimum Gasteiger partial charge on any atom is -0.479 e. The van der Waals surface area contributed by atoms with Gasteiger partial charge in [0.05, 0.1) is 40.4 Å². The van der Waals surface area contributed by atoms with Gasteiger partial charge in [0.1, 0.15) is 23.7 Å². The van der Waals surface area contributed by atoms with Gasteiger partial charge in [0, 0.05) is 4.91 Å². The zero-order chi connectivity index (χ0) is 31.2. The summed E-state index contributed by atoms with van der Waals surface area (Å²) in [5.74, 6) is -1.65. The summed E-state index contributed by atoms with van der Waals surface area (Å²) in [6.07, 6.45) is -2.44. The third kappa shape index (κ3) is 6.60. The summed E-state index contributed by atoms with van der Waals surface area (Å²) < 4.78 is 41.2. The molecule has 1 aliphatic rings. The number of amides is 1. The lowest BCUT2D eigenvalue weighted by molar-refractivity contribution is -0.142. The Morgan fingerprint density at radius 2 is 1.88 bits per heavy atom. The number of nitrogens with one attached hydrogen (secondary N) is 3. The Morgan fingerprint density at radius 3 is 2.40 bits per heavy atom. The van der Waals surface area contributed by atoms with Gasteiger partial charge >= 0.3 is 19.6 Å². The molecule has 0 aliphatic carbocycles. The molecule has 1 amide bonds. The number of nitrogens with zero attached hydrogens (tertiary/aromatic N) is 7. The molecule has 0 spiro atoms. The molecule has 4 N–H and O–H groups in total. The number of aliphatic hydroxyl groups excluding tert-OH is 1. The maximum Gasteiger partial charge on any atom is 0.342 e. The molecule has 0 saturated carbocycles. The molecule has 2 aromatic rings. The van der Waals surface area contributed by atoms with Gasteiger partial charge in [0.25, 0.3) is 0 Å². The zero-order valence-corrected chi connectivity index (χ0v) is 24.3. The fourth-order valence-corrected chi connectivity index (χ4v) is 5.97. The van der Waals surface area contributed by atoms with Crippen LogP contribution in [0.3, 0.4) is 0 Å². The van der Waals surface area contributed by atoms with Crippen LogP contribution in [0.25, 0.3) is 21.6 Å². The number of hydrogen-bond acceptors (Lipinski definition) is 14. The van der Waals surface area contributed by atoms with Crippen LogP contribution >= 0.6 is 7.67 Å². The van der Waals surface area contributed by atoms with E-state index in [4.69, 9.17) is 14.0 Å². The van der Waals surface area contributed by atoms with Crippen molar-refractivity contribution in [1.29, 1.82) is 0 Å². The van der Waals surface area contributed by atoms with Crippen LogP contribution in [0.5, 0.6) is 5.88 Å². The standard InChI is InChI=1S/C21H31N10O10P/c1-10(17(34)38-5)27-42(36,28-11(2)18(35)39-6)40-7-12-14(33)21(3,29-30-22)19(41-12)31-8-23-13-15(31)25-20(24-9-32)26-16(13)37-4/h8-12,14,19,33H,7H2,1-6H3,(H2,27,28,36)(H,24,25,26,32)/t10-,11+,12-,14-,19-,21-,42?/m1/s1. The Kier molecular flexibility index (Phi) is 10.4. The second kappa shape index (κ2) is 13.4. The van der Waals surface area contributed by atoms with Crippen LogP contribution in [-0.2, 0) is 37.7 Å². The minimum atomic E-state index is -4.24. The van der Waals surface area contributed by atoms with Crippen LogP contribution in [0.1, 0.15) is 27.0 Å². The fraction of sp³-hybridized carbons (Fsp3) is 0.619. The maximum atomic E-state index is 13.7. The first kappa shape index (κ1) is 32.6. The van der Waals surface area contributed by atoms with Crippen molar-refractivity contribution in [3.05, 3.63) is 16.8 Å². The largest absolute Gasteiger partial charge is 0.479 e. The highest BCUT2D eigenvalue weighted by molar-refractivity contribution is 7.54. The molecule has 21 heteroatoms. The lowest BCUT2D eigenvalue weighted by atomic mass is 9.93. The van der Waals surface area contributed by atoms with Gasteiger partial charge in [-0.25, -0.2) is 15.2 Å². The summed E-state index contributed by atoms with van der Waals surface area (Å²) in [6, 6.07) is -2.29. The number of ether oxygens (including phenoxy) is 4. The van der Waals surface area contributed by atoms with Gasteiger partial charge in [-0.05, 0) is 26.3 Å². The third-order valence-corrected chi connectivity index (χ3v) is 8.26. The number of hydrogen-bond donors (Lipinski definition) is 4. The van der Waals surface area contributed by atoms with Crippen LogP contribution in [0.2, 0.25) is 0 Å². The Balaban J connectivity index is 1.96. The zero-order valence-electron chi connectivity index (χ0n) is 23.4. The molecule has 3 heterocycles. The van der Waals surface area contributed by atoms with Gasteiger partial charge in [0.2, 0.25) is 18.2 Å². The van der Waals surface area contributed by atoms with Crippen molar-refractivity contribution in [2.45, 2.75) is 56.8 Å². The van der Waals surface area contributed by atoms with E-state index in [9.17, 15) is 29.6 Å². The summed E-state index contributed by atoms with van der Waals surface area (Å²) in [7, 11) is -0.638. The number of aliphatic hydroxyl groups is 1. The molecule has 1 fully saturated rings. The van der Waals surface area contributed by atoms with Gasteiger partial charge in [-0.3, -0.25) is 28.8 Å². The van der Waals surface area contributed by atoms with Crippen molar-refractivity contribution in [2.24, 2.45) is 5.11 Å². The Morgan fingerprint density at radius 1 is 1.26 bits per heavy atom. The molecule has 0 radical (unpaired) electrons. The molecule has 0 bridgehead atoms. The quantitative estimate of drug-likeness (QED) is 0.0551. The second-order valence-corrected chi connectivity index (χ2v) is 11.0. The summed E-state index contributed by atoms with van der Waals surface area (Å²) in [5.41, 5.74) is 7.88. The first-order valence-electron chi connectivity index (χ1n) is 12.2. The molecule has 1 aliphatic heterocycles. The van der Waals surface area contributed by atoms with Gasteiger partial charge in [0.15, 0.2) is 17.4 Å². The Bertz CT molecular complexity index is 1390. The van der Waals surface area contributed by atoms with Crippen molar-refractivity contribution in [2.75, 3.05) is 33.3 Å². The first-order chi connectivity index (χ1) is 19.9. The number of anilines is 1. The summed E-state index contributed by atoms with van der Waals surface area (Å²) in [6.45, 7) is 3.54. The SMILES string of the molecule is COC(=O)[C@H](C)NP(=O)(N[C@H](C)C(=O)OC)OC[C@H]1O[C@@H](n2cnc3c(OC)nc(NC=O)nc32)[C@](C)(N=[N+]=[N-])[C@@H]1O. The average Bonchev–Trinajstić information content (AvgIpc) is 3.48. The number of azide groups is 1. The van der Waals surface area contributed by atoms with Gasteiger partial charge in [-0.2, -0.15) is 9.97 Å². The number of rotatable bonds is 14. The van der Waals surface area contributed by atoms with Crippen LogP contribution in [-0.4, -0.2) is 101 Å². The number of aromatic nitrogens is 4. The number of carbonyl (C=O) groups is 3. The van der Waals surface area contributed by atoms with Gasteiger partial charge in [-0.15, -0.1) is 0 Å². The topological polar surface area (TPSA) is 263 Å². The maximum absolute atomic E-state index is 13.7. The normalized spacial score (nSPS) is 24.6. The molecule has 42 heavy (non-hydrogen) atoms. The van der Waals surface area contributed by atoms with Crippen LogP contribution < -0.4 is 20.2 Å². The lowest BCUT2D eigenvalue weighted by Crippen LogP contribution is -2.44. The van der Waals surface area contributed by atoms with E-state index in [1.165, 1.54) is 38.8 Å². The van der Waals surface area contributed by atoms with Crippen molar-refractivity contribution < 1.29 is 47.5 Å². The van der Waals surface area contributed by atoms with E-state index < -0.39 is 62.3 Å². The molecular formula is C21H31N10O10P. The Labute approximate surface area is 238 Å². The van der Waals surface area contributed by atoms with Crippen LogP contribution in [0, 0.1) is 0 Å². The monoisotopic (exact) mass is 614 g/mol. The third-order valence-electron chi connectivity index (χ3n) is 6.30. The second-order valence-electron chi connectivity index (χ2n) is 9.12. The van der Waals surface area contributed by atoms with Crippen molar-refractivity contribution in [1.82, 2.24) is 29.7 Å². The highest BCUT2D eigenvalue weighted by atomic mass is 31.2. The summed E-state index contributed by atoms with van der Waals surface area (Å²) >= 11 is 0. The predicted octanol–water partition coefficient (Wildman–Crippen LogP) is 0.157. The molecule has 3 rings (SSSR count). The van der Waals surface area contributed by atoms with Gasteiger partial charge < -0.3 is 28.6 Å². The number of imidazole rings is 1. The van der Waals surface area contributed by atoms with Crippen LogP contribution in [0.4, 0.5) is 5.95 Å². The number of esters is 2. The molecule has 1 unspecified atom stereocenters. The van der Waals surface area contributed by atoms with E-state index in [0.29, 0.717) is 6.41 Å². The van der Waals surface area contributed by atoms with Crippen molar-refractivity contribution in [3.8, 4) is 5.88 Å². The molecule has 0 aromatic carbocycles. The fourth-order valence-electron chi connectivity index (χ4n) is 4.16. The highest BCUT2D eigenvalue weighted by Gasteiger charge is 2.55. The summed E-state index contributed by atoms with van der Waals surface area (Å²) in [5, 5.41) is 22.3. The molecule has 7 atom stereocenters. The number of fused-ring (bicyclic) bond motifs is 1. The van der Waals surface area contributed by atoms with E-state index in [-0.39, 0.29) is 23.0 Å². The van der Waals surface area contributed by atoms with Crippen molar-refractivity contribution >= 4 is 43.1 Å². The molecule has 230 valence electrons. The molecule has 1 saturated heterocycles. The van der Waals surface area contributed by atoms with E-state index >= 15 is 0 Å². The smallest absolute Gasteiger partial charge is 0.342 e. The van der Waals surface area contributed by atoms with E-state index in [1.807, 2.05) is 0 Å². The predicted molar refractivity (Wildman–Crippen MR) is 142 cm³/mol.